The summed E-state index contributed by atoms with van der Waals surface area (Å²) in [5.41, 5.74) is 2.28. The van der Waals surface area contributed by atoms with E-state index in [9.17, 15) is 0 Å². The van der Waals surface area contributed by atoms with E-state index in [0.717, 1.165) is 30.4 Å². The molecule has 0 fully saturated rings. The second kappa shape index (κ2) is 11.8. The molecule has 0 bridgehead atoms. The summed E-state index contributed by atoms with van der Waals surface area (Å²) in [6.07, 6.45) is 3.82. The fourth-order valence-corrected chi connectivity index (χ4v) is 2.45. The Hall–Kier alpha value is -1.77. The number of halogens is 1. The van der Waals surface area contributed by atoms with Crippen LogP contribution >= 0.6 is 24.0 Å². The molecule has 0 aliphatic rings. The molecule has 2 aromatic rings. The molecule has 27 heavy (non-hydrogen) atoms. The third-order valence-electron chi connectivity index (χ3n) is 3.84. The Morgan fingerprint density at radius 3 is 2.48 bits per heavy atom. The Balaban J connectivity index is 0.00000364. The van der Waals surface area contributed by atoms with E-state index in [1.165, 1.54) is 5.56 Å². The van der Waals surface area contributed by atoms with Gasteiger partial charge >= 0.3 is 0 Å². The molecule has 0 aliphatic carbocycles. The molecule has 1 heterocycles. The van der Waals surface area contributed by atoms with Gasteiger partial charge in [0.05, 0.1) is 25.4 Å². The standard InChI is InChI=1S/C20H31N5O.HI/c1-6-21-20(22-11-17-12-23-25(5)13-17)24-16(4)18-7-9-19(10-8-18)26-14-15(2)3;/h7-10,12-13,15-16H,6,11,14H2,1-5H3,(H2,21,22,24);1H. The zero-order valence-electron chi connectivity index (χ0n) is 16.9. The first-order chi connectivity index (χ1) is 12.5. The summed E-state index contributed by atoms with van der Waals surface area (Å²) in [7, 11) is 1.91. The van der Waals surface area contributed by atoms with Crippen LogP contribution < -0.4 is 15.4 Å². The molecule has 0 saturated carbocycles. The van der Waals surface area contributed by atoms with Crippen molar-refractivity contribution in [3.63, 3.8) is 0 Å². The van der Waals surface area contributed by atoms with E-state index in [0.29, 0.717) is 12.5 Å². The molecule has 1 unspecified atom stereocenters. The van der Waals surface area contributed by atoms with Gasteiger partial charge in [-0.3, -0.25) is 4.68 Å². The molecule has 1 aromatic heterocycles. The summed E-state index contributed by atoms with van der Waals surface area (Å²) in [4.78, 5) is 4.65. The predicted octanol–water partition coefficient (Wildman–Crippen LogP) is 3.89. The van der Waals surface area contributed by atoms with Crippen molar-refractivity contribution >= 4 is 29.9 Å². The minimum Gasteiger partial charge on any atom is -0.493 e. The number of ether oxygens (including phenoxy) is 1. The Morgan fingerprint density at radius 1 is 1.22 bits per heavy atom. The Morgan fingerprint density at radius 2 is 1.93 bits per heavy atom. The van der Waals surface area contributed by atoms with Crippen molar-refractivity contribution in [3.05, 3.63) is 47.8 Å². The number of aromatic nitrogens is 2. The number of nitrogens with zero attached hydrogens (tertiary/aromatic N) is 3. The van der Waals surface area contributed by atoms with E-state index in [-0.39, 0.29) is 30.0 Å². The summed E-state index contributed by atoms with van der Waals surface area (Å²) >= 11 is 0. The Kier molecular flexibility index (Phi) is 10.2. The van der Waals surface area contributed by atoms with Crippen LogP contribution in [-0.2, 0) is 13.6 Å². The highest BCUT2D eigenvalue weighted by Gasteiger charge is 2.08. The molecular weight excluding hydrogens is 453 g/mol. The van der Waals surface area contributed by atoms with Crippen LogP contribution in [0.5, 0.6) is 5.75 Å². The van der Waals surface area contributed by atoms with Crippen molar-refractivity contribution in [1.29, 1.82) is 0 Å². The van der Waals surface area contributed by atoms with Gasteiger partial charge in [0.2, 0.25) is 0 Å². The van der Waals surface area contributed by atoms with Crippen LogP contribution in [0.4, 0.5) is 0 Å². The normalized spacial score (nSPS) is 12.4. The van der Waals surface area contributed by atoms with Gasteiger partial charge in [-0.2, -0.15) is 5.10 Å². The first-order valence-corrected chi connectivity index (χ1v) is 9.23. The van der Waals surface area contributed by atoms with E-state index in [4.69, 9.17) is 4.74 Å². The van der Waals surface area contributed by atoms with Crippen molar-refractivity contribution in [2.24, 2.45) is 18.0 Å². The smallest absolute Gasteiger partial charge is 0.192 e. The van der Waals surface area contributed by atoms with Crippen molar-refractivity contribution < 1.29 is 4.74 Å². The first-order valence-electron chi connectivity index (χ1n) is 9.23. The lowest BCUT2D eigenvalue weighted by Gasteiger charge is -2.18. The first kappa shape index (κ1) is 23.3. The minimum atomic E-state index is 0. The van der Waals surface area contributed by atoms with Gasteiger partial charge in [0, 0.05) is 25.4 Å². The van der Waals surface area contributed by atoms with Gasteiger partial charge in [-0.05, 0) is 37.5 Å². The molecule has 2 rings (SSSR count). The number of rotatable bonds is 8. The highest BCUT2D eigenvalue weighted by molar-refractivity contribution is 14.0. The molecule has 0 amide bonds. The molecule has 7 heteroatoms. The van der Waals surface area contributed by atoms with Gasteiger partial charge < -0.3 is 15.4 Å². The number of hydrogen-bond donors (Lipinski definition) is 2. The van der Waals surface area contributed by atoms with Gasteiger partial charge in [-0.1, -0.05) is 26.0 Å². The fraction of sp³-hybridized carbons (Fsp3) is 0.500. The highest BCUT2D eigenvalue weighted by Crippen LogP contribution is 2.18. The number of aryl methyl sites for hydroxylation is 1. The highest BCUT2D eigenvalue weighted by atomic mass is 127. The van der Waals surface area contributed by atoms with Gasteiger partial charge in [-0.15, -0.1) is 24.0 Å². The molecule has 6 nitrogen and oxygen atoms in total. The minimum absolute atomic E-state index is 0. The number of benzene rings is 1. The van der Waals surface area contributed by atoms with Gasteiger partial charge in [0.1, 0.15) is 5.75 Å². The number of aliphatic imine (C=N–C) groups is 1. The summed E-state index contributed by atoms with van der Waals surface area (Å²) in [5, 5.41) is 10.9. The maximum absolute atomic E-state index is 5.75. The van der Waals surface area contributed by atoms with E-state index in [1.54, 1.807) is 4.68 Å². The monoisotopic (exact) mass is 485 g/mol. The van der Waals surface area contributed by atoms with Crippen molar-refractivity contribution in [3.8, 4) is 5.75 Å². The van der Waals surface area contributed by atoms with Crippen molar-refractivity contribution in [1.82, 2.24) is 20.4 Å². The topological polar surface area (TPSA) is 63.5 Å². The van der Waals surface area contributed by atoms with Crippen LogP contribution in [0, 0.1) is 5.92 Å². The zero-order valence-corrected chi connectivity index (χ0v) is 19.2. The number of nitrogens with one attached hydrogen (secondary N) is 2. The molecule has 0 saturated heterocycles. The quantitative estimate of drug-likeness (QED) is 0.339. The third kappa shape index (κ3) is 8.19. The van der Waals surface area contributed by atoms with Gasteiger partial charge in [0.25, 0.3) is 0 Å². The fourth-order valence-electron chi connectivity index (χ4n) is 2.45. The predicted molar refractivity (Wildman–Crippen MR) is 122 cm³/mol. The largest absolute Gasteiger partial charge is 0.493 e. The Labute approximate surface area is 179 Å². The molecule has 150 valence electrons. The maximum Gasteiger partial charge on any atom is 0.192 e. The van der Waals surface area contributed by atoms with Crippen LogP contribution in [0.2, 0.25) is 0 Å². The summed E-state index contributed by atoms with van der Waals surface area (Å²) in [5.74, 6) is 2.23. The van der Waals surface area contributed by atoms with Crippen molar-refractivity contribution in [2.75, 3.05) is 13.2 Å². The molecule has 0 aliphatic heterocycles. The number of guanidine groups is 1. The van der Waals surface area contributed by atoms with Gasteiger partial charge in [0.15, 0.2) is 5.96 Å². The lowest BCUT2D eigenvalue weighted by molar-refractivity contribution is 0.271. The second-order valence-corrected chi connectivity index (χ2v) is 6.86. The molecule has 0 radical (unpaired) electrons. The van der Waals surface area contributed by atoms with E-state index < -0.39 is 0 Å². The average molecular weight is 485 g/mol. The lowest BCUT2D eigenvalue weighted by Crippen LogP contribution is -2.38. The van der Waals surface area contributed by atoms with Crippen LogP contribution in [0.15, 0.2) is 41.7 Å². The van der Waals surface area contributed by atoms with Crippen LogP contribution in [0.1, 0.15) is 44.9 Å². The molecule has 2 N–H and O–H groups in total. The van der Waals surface area contributed by atoms with Crippen molar-refractivity contribution in [2.45, 2.75) is 40.3 Å². The van der Waals surface area contributed by atoms with E-state index in [2.05, 4.69) is 60.6 Å². The van der Waals surface area contributed by atoms with E-state index in [1.807, 2.05) is 31.6 Å². The molecule has 1 atom stereocenters. The zero-order chi connectivity index (χ0) is 18.9. The summed E-state index contributed by atoms with van der Waals surface area (Å²) in [6.45, 7) is 10.6. The second-order valence-electron chi connectivity index (χ2n) is 6.86. The Bertz CT molecular complexity index is 697. The van der Waals surface area contributed by atoms with E-state index >= 15 is 0 Å². The van der Waals surface area contributed by atoms with Gasteiger partial charge in [-0.25, -0.2) is 4.99 Å². The van der Waals surface area contributed by atoms with Crippen LogP contribution in [0.3, 0.4) is 0 Å². The molecule has 1 aromatic carbocycles. The SMILES string of the molecule is CCNC(=NCc1cnn(C)c1)NC(C)c1ccc(OCC(C)C)cc1.I. The summed E-state index contributed by atoms with van der Waals surface area (Å²) < 4.78 is 7.54. The summed E-state index contributed by atoms with van der Waals surface area (Å²) in [6, 6.07) is 8.38. The lowest BCUT2D eigenvalue weighted by atomic mass is 10.1. The van der Waals surface area contributed by atoms with Crippen LogP contribution in [-0.4, -0.2) is 28.9 Å². The molecular formula is C20H32IN5O. The number of hydrogen-bond acceptors (Lipinski definition) is 3. The maximum atomic E-state index is 5.75. The average Bonchev–Trinajstić information content (AvgIpc) is 3.04. The third-order valence-corrected chi connectivity index (χ3v) is 3.84. The van der Waals surface area contributed by atoms with Crippen LogP contribution in [0.25, 0.3) is 0 Å². The molecule has 0 spiro atoms.